The molecule has 1 rings (SSSR count). The van der Waals surface area contributed by atoms with Crippen LogP contribution in [0.15, 0.2) is 18.2 Å². The Bertz CT molecular complexity index is 315. The van der Waals surface area contributed by atoms with Gasteiger partial charge in [0.2, 0.25) is 0 Å². The minimum atomic E-state index is -0.379. The van der Waals surface area contributed by atoms with Crippen LogP contribution in [0.3, 0.4) is 0 Å². The molecule has 0 aliphatic carbocycles. The van der Waals surface area contributed by atoms with Crippen molar-refractivity contribution in [3.8, 4) is 0 Å². The maximum Gasteiger partial charge on any atom is 0.0916 e. The molecule has 1 N–H and O–H groups in total. The fraction of sp³-hybridized carbons (Fsp3) is 0.571. The molecule has 0 aromatic heterocycles. The van der Waals surface area contributed by atoms with Crippen LogP contribution in [-0.4, -0.2) is 30.1 Å². The van der Waals surface area contributed by atoms with Gasteiger partial charge in [-0.25, -0.2) is 0 Å². The first-order chi connectivity index (χ1) is 7.52. The molecule has 0 aliphatic heterocycles. The van der Waals surface area contributed by atoms with Crippen molar-refractivity contribution in [1.29, 1.82) is 0 Å². The summed E-state index contributed by atoms with van der Waals surface area (Å²) in [5.41, 5.74) is 3.46. The SMILES string of the molecule is CCCN(C)CC(O)c1cc(C)cc(C)c1. The monoisotopic (exact) mass is 221 g/mol. The predicted octanol–water partition coefficient (Wildman–Crippen LogP) is 2.68. The third kappa shape index (κ3) is 3.95. The first-order valence-corrected chi connectivity index (χ1v) is 5.97. The summed E-state index contributed by atoms with van der Waals surface area (Å²) in [5.74, 6) is 0. The molecule has 0 heterocycles. The zero-order valence-electron chi connectivity index (χ0n) is 10.8. The van der Waals surface area contributed by atoms with Gasteiger partial charge in [-0.3, -0.25) is 0 Å². The summed E-state index contributed by atoms with van der Waals surface area (Å²) in [4.78, 5) is 2.17. The number of aryl methyl sites for hydroxylation is 2. The summed E-state index contributed by atoms with van der Waals surface area (Å²) in [6.45, 7) is 8.02. The Morgan fingerprint density at radius 3 is 2.25 bits per heavy atom. The van der Waals surface area contributed by atoms with E-state index in [0.29, 0.717) is 6.54 Å². The summed E-state index contributed by atoms with van der Waals surface area (Å²) < 4.78 is 0. The van der Waals surface area contributed by atoms with E-state index in [9.17, 15) is 5.11 Å². The number of benzene rings is 1. The maximum absolute atomic E-state index is 10.1. The van der Waals surface area contributed by atoms with Gasteiger partial charge in [-0.05, 0) is 39.4 Å². The third-order valence-corrected chi connectivity index (χ3v) is 2.72. The van der Waals surface area contributed by atoms with Crippen LogP contribution in [0.2, 0.25) is 0 Å². The number of aliphatic hydroxyl groups is 1. The molecule has 0 bridgehead atoms. The number of likely N-dealkylation sites (N-methyl/N-ethyl adjacent to an activating group) is 1. The van der Waals surface area contributed by atoms with E-state index in [1.807, 2.05) is 0 Å². The van der Waals surface area contributed by atoms with Gasteiger partial charge in [0.25, 0.3) is 0 Å². The Hall–Kier alpha value is -0.860. The van der Waals surface area contributed by atoms with E-state index in [1.54, 1.807) is 0 Å². The Morgan fingerprint density at radius 2 is 1.75 bits per heavy atom. The van der Waals surface area contributed by atoms with Gasteiger partial charge in [0.05, 0.1) is 6.10 Å². The van der Waals surface area contributed by atoms with Gasteiger partial charge in [-0.2, -0.15) is 0 Å². The fourth-order valence-electron chi connectivity index (χ4n) is 2.08. The van der Waals surface area contributed by atoms with Crippen molar-refractivity contribution in [2.45, 2.75) is 33.3 Å². The largest absolute Gasteiger partial charge is 0.387 e. The second-order valence-electron chi connectivity index (χ2n) is 4.70. The van der Waals surface area contributed by atoms with Crippen LogP contribution in [-0.2, 0) is 0 Å². The van der Waals surface area contributed by atoms with Gasteiger partial charge in [-0.1, -0.05) is 36.2 Å². The highest BCUT2D eigenvalue weighted by Gasteiger charge is 2.10. The minimum Gasteiger partial charge on any atom is -0.387 e. The van der Waals surface area contributed by atoms with Gasteiger partial charge in [-0.15, -0.1) is 0 Å². The lowest BCUT2D eigenvalue weighted by atomic mass is 10.0. The predicted molar refractivity (Wildman–Crippen MR) is 68.7 cm³/mol. The molecular formula is C14H23NO. The van der Waals surface area contributed by atoms with Crippen LogP contribution in [0.1, 0.15) is 36.1 Å². The molecule has 0 saturated heterocycles. The number of hydrogen-bond donors (Lipinski definition) is 1. The highest BCUT2D eigenvalue weighted by molar-refractivity contribution is 5.30. The quantitative estimate of drug-likeness (QED) is 0.826. The standard InChI is InChI=1S/C14H23NO/c1-5-6-15(4)10-14(16)13-8-11(2)7-12(3)9-13/h7-9,14,16H,5-6,10H2,1-4H3. The van der Waals surface area contributed by atoms with Gasteiger partial charge < -0.3 is 10.0 Å². The molecule has 1 aromatic rings. The molecule has 16 heavy (non-hydrogen) atoms. The van der Waals surface area contributed by atoms with Crippen molar-refractivity contribution >= 4 is 0 Å². The summed E-state index contributed by atoms with van der Waals surface area (Å²) in [5, 5.41) is 10.1. The number of hydrogen-bond acceptors (Lipinski definition) is 2. The molecule has 1 aromatic carbocycles. The molecule has 0 saturated carbocycles. The minimum absolute atomic E-state index is 0.379. The zero-order chi connectivity index (χ0) is 12.1. The molecule has 90 valence electrons. The van der Waals surface area contributed by atoms with Gasteiger partial charge in [0.1, 0.15) is 0 Å². The molecule has 1 unspecified atom stereocenters. The first kappa shape index (κ1) is 13.2. The second kappa shape index (κ2) is 6.02. The summed E-state index contributed by atoms with van der Waals surface area (Å²) >= 11 is 0. The molecule has 0 radical (unpaired) electrons. The van der Waals surface area contributed by atoms with Crippen molar-refractivity contribution in [2.75, 3.05) is 20.1 Å². The maximum atomic E-state index is 10.1. The Morgan fingerprint density at radius 1 is 1.19 bits per heavy atom. The van der Waals surface area contributed by atoms with Crippen LogP contribution < -0.4 is 0 Å². The van der Waals surface area contributed by atoms with E-state index in [-0.39, 0.29) is 6.10 Å². The number of rotatable bonds is 5. The van der Waals surface area contributed by atoms with Crippen LogP contribution in [0.4, 0.5) is 0 Å². The molecule has 0 fully saturated rings. The van der Waals surface area contributed by atoms with Gasteiger partial charge >= 0.3 is 0 Å². The molecule has 1 atom stereocenters. The molecule has 0 spiro atoms. The number of aliphatic hydroxyl groups excluding tert-OH is 1. The van der Waals surface area contributed by atoms with Gasteiger partial charge in [0.15, 0.2) is 0 Å². The molecule has 0 amide bonds. The van der Waals surface area contributed by atoms with Crippen molar-refractivity contribution in [3.63, 3.8) is 0 Å². The normalized spacial score (nSPS) is 13.1. The molecule has 0 aliphatic rings. The van der Waals surface area contributed by atoms with Crippen molar-refractivity contribution in [3.05, 3.63) is 34.9 Å². The van der Waals surface area contributed by atoms with Crippen LogP contribution in [0.5, 0.6) is 0 Å². The van der Waals surface area contributed by atoms with Crippen LogP contribution >= 0.6 is 0 Å². The average molecular weight is 221 g/mol. The average Bonchev–Trinajstić information content (AvgIpc) is 2.16. The summed E-state index contributed by atoms with van der Waals surface area (Å²) in [7, 11) is 2.05. The van der Waals surface area contributed by atoms with E-state index < -0.39 is 0 Å². The highest BCUT2D eigenvalue weighted by Crippen LogP contribution is 2.17. The lowest BCUT2D eigenvalue weighted by molar-refractivity contribution is 0.127. The van der Waals surface area contributed by atoms with Crippen LogP contribution in [0, 0.1) is 13.8 Å². The summed E-state index contributed by atoms with van der Waals surface area (Å²) in [6.07, 6.45) is 0.742. The first-order valence-electron chi connectivity index (χ1n) is 5.97. The molecular weight excluding hydrogens is 198 g/mol. The molecule has 2 nitrogen and oxygen atoms in total. The fourth-order valence-corrected chi connectivity index (χ4v) is 2.08. The van der Waals surface area contributed by atoms with E-state index in [2.05, 4.69) is 50.9 Å². The van der Waals surface area contributed by atoms with E-state index >= 15 is 0 Å². The van der Waals surface area contributed by atoms with E-state index in [4.69, 9.17) is 0 Å². The molecule has 2 heteroatoms. The van der Waals surface area contributed by atoms with Crippen molar-refractivity contribution < 1.29 is 5.11 Å². The van der Waals surface area contributed by atoms with Crippen molar-refractivity contribution in [1.82, 2.24) is 4.90 Å². The lowest BCUT2D eigenvalue weighted by Crippen LogP contribution is -2.25. The van der Waals surface area contributed by atoms with Crippen LogP contribution in [0.25, 0.3) is 0 Å². The Kier molecular flexibility index (Phi) is 4.97. The zero-order valence-corrected chi connectivity index (χ0v) is 10.8. The van der Waals surface area contributed by atoms with Crippen molar-refractivity contribution in [2.24, 2.45) is 0 Å². The topological polar surface area (TPSA) is 23.5 Å². The Balaban J connectivity index is 2.68. The Labute approximate surface area is 98.9 Å². The van der Waals surface area contributed by atoms with E-state index in [0.717, 1.165) is 18.5 Å². The summed E-state index contributed by atoms with van der Waals surface area (Å²) in [6, 6.07) is 6.26. The third-order valence-electron chi connectivity index (χ3n) is 2.72. The van der Waals surface area contributed by atoms with Gasteiger partial charge in [0, 0.05) is 6.54 Å². The smallest absolute Gasteiger partial charge is 0.0916 e. The van der Waals surface area contributed by atoms with E-state index in [1.165, 1.54) is 11.1 Å². The second-order valence-corrected chi connectivity index (χ2v) is 4.70. The lowest BCUT2D eigenvalue weighted by Gasteiger charge is -2.20. The highest BCUT2D eigenvalue weighted by atomic mass is 16.3. The number of nitrogens with zero attached hydrogens (tertiary/aromatic N) is 1.